The highest BCUT2D eigenvalue weighted by Crippen LogP contribution is 2.73. The van der Waals surface area contributed by atoms with E-state index in [1.807, 2.05) is 12.1 Å². The van der Waals surface area contributed by atoms with Gasteiger partial charge in [-0.2, -0.15) is 0 Å². The number of benzene rings is 1. The number of aromatic hydroxyl groups is 1. The first kappa shape index (κ1) is 16.9. The van der Waals surface area contributed by atoms with Crippen LogP contribution in [0.5, 0.6) is 5.75 Å². The Bertz CT molecular complexity index is 1090. The van der Waals surface area contributed by atoms with Crippen LogP contribution in [-0.2, 0) is 14.3 Å². The Balaban J connectivity index is 1.56. The van der Waals surface area contributed by atoms with Crippen molar-refractivity contribution >= 4 is 35.0 Å². The summed E-state index contributed by atoms with van der Waals surface area (Å²) in [5, 5.41) is 10.6. The Labute approximate surface area is 168 Å². The molecule has 3 heterocycles. The van der Waals surface area contributed by atoms with E-state index in [-0.39, 0.29) is 62.8 Å². The first-order chi connectivity index (χ1) is 13.4. The highest BCUT2D eigenvalue weighted by atomic mass is 32.2. The lowest BCUT2D eigenvalue weighted by molar-refractivity contribution is -0.154. The van der Waals surface area contributed by atoms with Crippen LogP contribution in [0.3, 0.4) is 0 Å². The molecule has 2 aliphatic carbocycles. The third-order valence-electron chi connectivity index (χ3n) is 7.27. The number of thioether (sulfide) groups is 1. The summed E-state index contributed by atoms with van der Waals surface area (Å²) in [5.41, 5.74) is 1.02. The van der Waals surface area contributed by atoms with E-state index in [4.69, 9.17) is 4.74 Å². The van der Waals surface area contributed by atoms with Crippen molar-refractivity contribution < 1.29 is 19.4 Å². The molecule has 6 rings (SSSR count). The number of aromatic amines is 1. The molecule has 6 nitrogen and oxygen atoms in total. The fraction of sp³-hybridized carbons (Fsp3) is 0.450. The van der Waals surface area contributed by atoms with Gasteiger partial charge in [-0.15, -0.1) is 11.8 Å². The van der Waals surface area contributed by atoms with E-state index < -0.39 is 0 Å². The summed E-state index contributed by atoms with van der Waals surface area (Å²) in [5.74, 6) is -1.14. The van der Waals surface area contributed by atoms with Crippen LogP contribution in [0.4, 0.5) is 0 Å². The number of hydrogen-bond donors (Lipinski definition) is 2. The average Bonchev–Trinajstić information content (AvgIpc) is 3.34. The number of hydrogen-bond acceptors (Lipinski definition) is 7. The maximum Gasteiger partial charge on any atom is 0.317 e. The summed E-state index contributed by atoms with van der Waals surface area (Å²) in [7, 11) is 0. The number of carbonyl (C=O) groups is 2. The lowest BCUT2D eigenvalue weighted by Gasteiger charge is -2.49. The van der Waals surface area contributed by atoms with Gasteiger partial charge in [-0.3, -0.25) is 14.4 Å². The maximum absolute atomic E-state index is 12.4. The van der Waals surface area contributed by atoms with Crippen molar-refractivity contribution in [3.63, 3.8) is 0 Å². The Hall–Kier alpha value is -2.06. The molecule has 28 heavy (non-hydrogen) atoms. The van der Waals surface area contributed by atoms with E-state index in [0.29, 0.717) is 0 Å². The fourth-order valence-corrected chi connectivity index (χ4v) is 9.23. The maximum atomic E-state index is 12.4. The van der Waals surface area contributed by atoms with Crippen LogP contribution < -0.4 is 4.87 Å². The van der Waals surface area contributed by atoms with Gasteiger partial charge < -0.3 is 14.8 Å². The quantitative estimate of drug-likeness (QED) is 0.549. The smallest absolute Gasteiger partial charge is 0.317 e. The number of thiazole rings is 1. The summed E-state index contributed by atoms with van der Waals surface area (Å²) < 4.78 is 4.75. The van der Waals surface area contributed by atoms with Crippen molar-refractivity contribution in [2.75, 3.05) is 0 Å². The van der Waals surface area contributed by atoms with E-state index in [0.717, 1.165) is 21.9 Å². The molecule has 144 valence electrons. The lowest BCUT2D eigenvalue weighted by Crippen LogP contribution is -2.50. The number of ether oxygens (including phenoxy) is 1. The standard InChI is InChI=1S/C20H17NO5S2/c1-20-10-6-9(12-13(10)18(24)26-17(12)23)14(20)11(7-2-4-8(22)5-3-7)15-16(28-20)21-19(25)27-15/h2-5,9-14,22H,6H2,1H3,(H,21,25)/t9-,10-,11+,12+,13-,14-,20+/m0/s1. The van der Waals surface area contributed by atoms with Crippen molar-refractivity contribution in [1.29, 1.82) is 0 Å². The second-order valence-corrected chi connectivity index (χ2v) is 10.9. The van der Waals surface area contributed by atoms with Gasteiger partial charge >= 0.3 is 16.8 Å². The molecule has 2 bridgehead atoms. The van der Waals surface area contributed by atoms with Gasteiger partial charge in [-0.05, 0) is 48.8 Å². The summed E-state index contributed by atoms with van der Waals surface area (Å²) in [6.07, 6.45) is 0.831. The van der Waals surface area contributed by atoms with E-state index >= 15 is 0 Å². The van der Waals surface area contributed by atoms with Gasteiger partial charge in [0.15, 0.2) is 0 Å². The number of carbonyl (C=O) groups excluding carboxylic acids is 2. The van der Waals surface area contributed by atoms with Crippen LogP contribution in [0.2, 0.25) is 0 Å². The molecule has 4 aliphatic rings. The Kier molecular flexibility index (Phi) is 3.19. The molecule has 1 saturated heterocycles. The number of esters is 2. The third kappa shape index (κ3) is 1.92. The molecule has 1 aromatic heterocycles. The minimum atomic E-state index is -0.382. The SMILES string of the molecule is C[C@]12Sc3[nH]c(=O)sc3[C@H](c3ccc(O)cc3)[C@@H]1[C@H]1C[C@H]2[C@@H]2C(=O)OC(=O)[C@H]12. The number of aromatic nitrogens is 1. The highest BCUT2D eigenvalue weighted by Gasteiger charge is 2.73. The number of fused-ring (bicyclic) bond motifs is 9. The van der Waals surface area contributed by atoms with Crippen LogP contribution >= 0.6 is 23.1 Å². The van der Waals surface area contributed by atoms with E-state index in [1.54, 1.807) is 23.9 Å². The molecule has 1 aromatic carbocycles. The molecule has 2 N–H and O–H groups in total. The van der Waals surface area contributed by atoms with Crippen molar-refractivity contribution in [2.24, 2.45) is 29.6 Å². The zero-order valence-electron chi connectivity index (χ0n) is 14.9. The Morgan fingerprint density at radius 2 is 1.86 bits per heavy atom. The van der Waals surface area contributed by atoms with Crippen LogP contribution in [0.1, 0.15) is 29.7 Å². The Morgan fingerprint density at radius 3 is 2.61 bits per heavy atom. The molecule has 2 aliphatic heterocycles. The number of phenolic OH excluding ortho intramolecular Hbond substituents is 1. The van der Waals surface area contributed by atoms with Gasteiger partial charge in [-0.1, -0.05) is 23.5 Å². The van der Waals surface area contributed by atoms with Crippen molar-refractivity contribution in [2.45, 2.75) is 29.0 Å². The molecule has 2 saturated carbocycles. The van der Waals surface area contributed by atoms with Crippen molar-refractivity contribution in [3.8, 4) is 5.75 Å². The predicted molar refractivity (Wildman–Crippen MR) is 102 cm³/mol. The molecule has 2 aromatic rings. The normalized spacial score (nSPS) is 40.2. The second-order valence-electron chi connectivity index (χ2n) is 8.39. The first-order valence-electron chi connectivity index (χ1n) is 9.35. The number of H-pyrrole nitrogens is 1. The molecule has 7 atom stereocenters. The topological polar surface area (TPSA) is 96.5 Å². The number of nitrogens with one attached hydrogen (secondary N) is 1. The molecule has 8 heteroatoms. The van der Waals surface area contributed by atoms with Gasteiger partial charge in [0.2, 0.25) is 0 Å². The molecule has 0 amide bonds. The molecule has 0 spiro atoms. The Morgan fingerprint density at radius 1 is 1.14 bits per heavy atom. The van der Waals surface area contributed by atoms with Crippen LogP contribution in [-0.4, -0.2) is 26.8 Å². The zero-order valence-corrected chi connectivity index (χ0v) is 16.5. The summed E-state index contributed by atoms with van der Waals surface area (Å²) in [6.45, 7) is 2.17. The highest BCUT2D eigenvalue weighted by molar-refractivity contribution is 8.00. The summed E-state index contributed by atoms with van der Waals surface area (Å²) in [4.78, 5) is 40.9. The molecule has 3 fully saturated rings. The molecule has 0 radical (unpaired) electrons. The third-order valence-corrected chi connectivity index (χ3v) is 9.91. The largest absolute Gasteiger partial charge is 0.508 e. The van der Waals surface area contributed by atoms with Gasteiger partial charge in [0.25, 0.3) is 0 Å². The van der Waals surface area contributed by atoms with Gasteiger partial charge in [0, 0.05) is 15.5 Å². The minimum Gasteiger partial charge on any atom is -0.508 e. The molecular formula is C20H17NO5S2. The zero-order chi connectivity index (χ0) is 19.4. The lowest BCUT2D eigenvalue weighted by atomic mass is 9.63. The van der Waals surface area contributed by atoms with Gasteiger partial charge in [-0.25, -0.2) is 0 Å². The number of rotatable bonds is 1. The van der Waals surface area contributed by atoms with Crippen LogP contribution in [0.25, 0.3) is 0 Å². The number of phenols is 1. The summed E-state index contributed by atoms with van der Waals surface area (Å²) in [6, 6.07) is 7.11. The summed E-state index contributed by atoms with van der Waals surface area (Å²) >= 11 is 2.88. The van der Waals surface area contributed by atoms with Crippen molar-refractivity contribution in [1.82, 2.24) is 4.98 Å². The first-order valence-corrected chi connectivity index (χ1v) is 11.0. The molecular weight excluding hydrogens is 398 g/mol. The monoisotopic (exact) mass is 415 g/mol. The van der Waals surface area contributed by atoms with Crippen molar-refractivity contribution in [3.05, 3.63) is 44.4 Å². The van der Waals surface area contributed by atoms with Gasteiger partial charge in [0.05, 0.1) is 16.9 Å². The fourth-order valence-electron chi connectivity index (χ4n) is 6.36. The van der Waals surface area contributed by atoms with Gasteiger partial charge in [0.1, 0.15) is 5.75 Å². The average molecular weight is 415 g/mol. The predicted octanol–water partition coefficient (Wildman–Crippen LogP) is 2.72. The minimum absolute atomic E-state index is 0.0487. The van der Waals surface area contributed by atoms with E-state index in [1.165, 1.54) is 11.3 Å². The van der Waals surface area contributed by atoms with Crippen LogP contribution in [0.15, 0.2) is 34.1 Å². The molecule has 0 unspecified atom stereocenters. The van der Waals surface area contributed by atoms with Crippen LogP contribution in [0, 0.1) is 29.6 Å². The van der Waals surface area contributed by atoms with E-state index in [9.17, 15) is 19.5 Å². The van der Waals surface area contributed by atoms with E-state index in [2.05, 4.69) is 11.9 Å². The number of cyclic esters (lactones) is 2. The second kappa shape index (κ2) is 5.30.